The van der Waals surface area contributed by atoms with E-state index in [1.807, 2.05) is 4.90 Å². The Morgan fingerprint density at radius 2 is 2.44 bits per heavy atom. The molecule has 1 fully saturated rings. The molecule has 2 rings (SSSR count). The van der Waals surface area contributed by atoms with Crippen LogP contribution in [0.25, 0.3) is 0 Å². The minimum absolute atomic E-state index is 0.0293. The van der Waals surface area contributed by atoms with Crippen LogP contribution in [0.2, 0.25) is 5.02 Å². The highest BCUT2D eigenvalue weighted by molar-refractivity contribution is 9.09. The van der Waals surface area contributed by atoms with Gasteiger partial charge in [0.15, 0.2) is 0 Å². The van der Waals surface area contributed by atoms with Crippen LogP contribution in [0.1, 0.15) is 29.6 Å². The van der Waals surface area contributed by atoms with Crippen molar-refractivity contribution in [3.8, 4) is 0 Å². The van der Waals surface area contributed by atoms with Crippen LogP contribution >= 0.6 is 27.5 Å². The van der Waals surface area contributed by atoms with Crippen molar-refractivity contribution < 1.29 is 4.79 Å². The summed E-state index contributed by atoms with van der Waals surface area (Å²) >= 11 is 9.48. The normalized spacial score (nSPS) is 19.9. The molecule has 98 valence electrons. The quantitative estimate of drug-likeness (QED) is 0.796. The van der Waals surface area contributed by atoms with Gasteiger partial charge in [-0.25, -0.2) is 0 Å². The minimum Gasteiger partial charge on any atom is -0.338 e. The average molecular weight is 332 g/mol. The number of hydrogen-bond donors (Lipinski definition) is 0. The van der Waals surface area contributed by atoms with E-state index < -0.39 is 0 Å². The first kappa shape index (κ1) is 13.8. The highest BCUT2D eigenvalue weighted by atomic mass is 79.9. The molecule has 1 atom stereocenters. The van der Waals surface area contributed by atoms with Gasteiger partial charge < -0.3 is 4.90 Å². The molecule has 0 bridgehead atoms. The number of alkyl halides is 1. The Labute approximate surface area is 121 Å². The van der Waals surface area contributed by atoms with Crippen LogP contribution in [0.15, 0.2) is 18.5 Å². The second kappa shape index (κ2) is 6.53. The second-order valence-corrected chi connectivity index (χ2v) is 5.79. The first-order valence-electron chi connectivity index (χ1n) is 6.17. The molecule has 2 heterocycles. The number of halogens is 2. The summed E-state index contributed by atoms with van der Waals surface area (Å²) in [5.41, 5.74) is 0.561. The van der Waals surface area contributed by atoms with Crippen molar-refractivity contribution in [1.29, 1.82) is 0 Å². The Hall–Kier alpha value is -0.610. The molecule has 3 nitrogen and oxygen atoms in total. The number of nitrogens with zero attached hydrogens (tertiary/aromatic N) is 2. The summed E-state index contributed by atoms with van der Waals surface area (Å²) in [6, 6.07) is 1.69. The zero-order chi connectivity index (χ0) is 13.0. The van der Waals surface area contributed by atoms with Crippen LogP contribution in [0, 0.1) is 5.92 Å². The third-order valence-corrected chi connectivity index (χ3v) is 4.09. The summed E-state index contributed by atoms with van der Waals surface area (Å²) in [7, 11) is 0. The zero-order valence-electron chi connectivity index (χ0n) is 10.1. The van der Waals surface area contributed by atoms with Crippen LogP contribution in [-0.4, -0.2) is 34.2 Å². The van der Waals surface area contributed by atoms with E-state index in [1.165, 1.54) is 12.6 Å². The lowest BCUT2D eigenvalue weighted by Crippen LogP contribution is -2.40. The van der Waals surface area contributed by atoms with Gasteiger partial charge in [0.1, 0.15) is 0 Å². The molecular formula is C13H16BrClN2O. The first-order chi connectivity index (χ1) is 8.72. The molecule has 0 aliphatic carbocycles. The summed E-state index contributed by atoms with van der Waals surface area (Å²) in [4.78, 5) is 18.2. The lowest BCUT2D eigenvalue weighted by Gasteiger charge is -2.32. The monoisotopic (exact) mass is 330 g/mol. The van der Waals surface area contributed by atoms with E-state index in [9.17, 15) is 4.79 Å². The van der Waals surface area contributed by atoms with Crippen molar-refractivity contribution >= 4 is 33.4 Å². The molecule has 0 N–H and O–H groups in total. The number of carbonyl (C=O) groups is 1. The molecule has 1 aromatic heterocycles. The van der Waals surface area contributed by atoms with Gasteiger partial charge in [-0.1, -0.05) is 27.5 Å². The van der Waals surface area contributed by atoms with Crippen molar-refractivity contribution in [2.45, 2.75) is 19.3 Å². The van der Waals surface area contributed by atoms with Gasteiger partial charge in [-0.05, 0) is 31.2 Å². The Kier molecular flexibility index (Phi) is 5.01. The molecule has 1 aromatic rings. The lowest BCUT2D eigenvalue weighted by molar-refractivity contribution is 0.0672. The van der Waals surface area contributed by atoms with Crippen molar-refractivity contribution in [2.24, 2.45) is 5.92 Å². The maximum absolute atomic E-state index is 12.4. The number of likely N-dealkylation sites (tertiary alicyclic amines) is 1. The predicted molar refractivity (Wildman–Crippen MR) is 76.3 cm³/mol. The van der Waals surface area contributed by atoms with Gasteiger partial charge in [0.2, 0.25) is 0 Å². The first-order valence-corrected chi connectivity index (χ1v) is 7.67. The average Bonchev–Trinajstić information content (AvgIpc) is 2.39. The molecule has 1 amide bonds. The largest absolute Gasteiger partial charge is 0.338 e. The molecule has 1 unspecified atom stereocenters. The second-order valence-electron chi connectivity index (χ2n) is 4.59. The van der Waals surface area contributed by atoms with E-state index in [2.05, 4.69) is 20.9 Å². The molecule has 0 spiro atoms. The molecular weight excluding hydrogens is 316 g/mol. The van der Waals surface area contributed by atoms with E-state index >= 15 is 0 Å². The molecule has 0 aromatic carbocycles. The van der Waals surface area contributed by atoms with E-state index in [-0.39, 0.29) is 5.91 Å². The fourth-order valence-corrected chi connectivity index (χ4v) is 3.21. The molecule has 0 radical (unpaired) electrons. The summed E-state index contributed by atoms with van der Waals surface area (Å²) in [6.45, 7) is 1.67. The Bertz CT molecular complexity index is 425. The zero-order valence-corrected chi connectivity index (χ0v) is 12.5. The third kappa shape index (κ3) is 3.23. The predicted octanol–water partition coefficient (Wildman–Crippen LogP) is 3.37. The summed E-state index contributed by atoms with van der Waals surface area (Å²) in [6.07, 6.45) is 6.53. The molecule has 1 aliphatic heterocycles. The number of amides is 1. The number of pyridine rings is 1. The van der Waals surface area contributed by atoms with E-state index in [0.29, 0.717) is 16.5 Å². The summed E-state index contributed by atoms with van der Waals surface area (Å²) in [5.74, 6) is 0.629. The van der Waals surface area contributed by atoms with Crippen molar-refractivity contribution in [3.63, 3.8) is 0 Å². The van der Waals surface area contributed by atoms with Gasteiger partial charge in [-0.15, -0.1) is 0 Å². The van der Waals surface area contributed by atoms with Gasteiger partial charge in [0.25, 0.3) is 5.91 Å². The topological polar surface area (TPSA) is 33.2 Å². The highest BCUT2D eigenvalue weighted by Gasteiger charge is 2.25. The van der Waals surface area contributed by atoms with E-state index in [0.717, 1.165) is 31.3 Å². The molecule has 5 heteroatoms. The maximum Gasteiger partial charge on any atom is 0.255 e. The Morgan fingerprint density at radius 1 is 1.61 bits per heavy atom. The maximum atomic E-state index is 12.4. The lowest BCUT2D eigenvalue weighted by atomic mass is 9.95. The number of carbonyl (C=O) groups excluding carboxylic acids is 1. The van der Waals surface area contributed by atoms with Crippen molar-refractivity contribution in [1.82, 2.24) is 9.88 Å². The fraction of sp³-hybridized carbons (Fsp3) is 0.538. The smallest absolute Gasteiger partial charge is 0.255 e. The highest BCUT2D eigenvalue weighted by Crippen LogP contribution is 2.23. The number of aromatic nitrogens is 1. The van der Waals surface area contributed by atoms with E-state index in [1.54, 1.807) is 12.3 Å². The fourth-order valence-electron chi connectivity index (χ4n) is 2.36. The van der Waals surface area contributed by atoms with Crippen LogP contribution in [0.4, 0.5) is 0 Å². The Balaban J connectivity index is 2.07. The van der Waals surface area contributed by atoms with Gasteiger partial charge >= 0.3 is 0 Å². The standard InChI is InChI=1S/C13H16BrClN2O/c14-5-3-10-2-1-7-17(9-10)13(18)11-4-6-16-8-12(11)15/h4,6,8,10H,1-3,5,7,9H2. The van der Waals surface area contributed by atoms with Crippen LogP contribution < -0.4 is 0 Å². The molecule has 1 aliphatic rings. The van der Waals surface area contributed by atoms with Crippen LogP contribution in [0.5, 0.6) is 0 Å². The summed E-state index contributed by atoms with van der Waals surface area (Å²) < 4.78 is 0. The minimum atomic E-state index is 0.0293. The number of hydrogen-bond acceptors (Lipinski definition) is 2. The van der Waals surface area contributed by atoms with E-state index in [4.69, 9.17) is 11.6 Å². The van der Waals surface area contributed by atoms with Gasteiger partial charge in [-0.2, -0.15) is 0 Å². The Morgan fingerprint density at radius 3 is 3.17 bits per heavy atom. The van der Waals surface area contributed by atoms with Gasteiger partial charge in [0.05, 0.1) is 10.6 Å². The third-order valence-electron chi connectivity index (χ3n) is 3.33. The molecule has 18 heavy (non-hydrogen) atoms. The van der Waals surface area contributed by atoms with Gasteiger partial charge in [-0.3, -0.25) is 9.78 Å². The number of piperidine rings is 1. The van der Waals surface area contributed by atoms with Gasteiger partial charge in [0, 0.05) is 30.8 Å². The van der Waals surface area contributed by atoms with Crippen LogP contribution in [0.3, 0.4) is 0 Å². The van der Waals surface area contributed by atoms with Crippen LogP contribution in [-0.2, 0) is 0 Å². The molecule has 0 saturated carbocycles. The molecule has 1 saturated heterocycles. The van der Waals surface area contributed by atoms with Crippen molar-refractivity contribution in [3.05, 3.63) is 29.0 Å². The number of rotatable bonds is 3. The SMILES string of the molecule is O=C(c1ccncc1Cl)N1CCCC(CCBr)C1. The van der Waals surface area contributed by atoms with Crippen molar-refractivity contribution in [2.75, 3.05) is 18.4 Å². The summed E-state index contributed by atoms with van der Waals surface area (Å²) in [5, 5.41) is 1.43.